The van der Waals surface area contributed by atoms with Crippen LogP contribution in [0, 0.1) is 6.42 Å². The summed E-state index contributed by atoms with van der Waals surface area (Å²) < 4.78 is 0.521. The van der Waals surface area contributed by atoms with Crippen molar-refractivity contribution in [2.75, 3.05) is 7.11 Å². The van der Waals surface area contributed by atoms with E-state index in [1.165, 1.54) is 0 Å². The van der Waals surface area contributed by atoms with Gasteiger partial charge in [-0.25, -0.2) is 0 Å². The molecular formula is C5H7INO. The van der Waals surface area contributed by atoms with E-state index in [0.29, 0.717) is 3.92 Å². The molecule has 1 rings (SSSR count). The molecule has 1 saturated carbocycles. The Balaban J connectivity index is 2.36. The largest absolute Gasteiger partial charge is 0.399 e. The molecule has 0 spiro atoms. The molecule has 0 amide bonds. The van der Waals surface area contributed by atoms with Gasteiger partial charge in [0.1, 0.15) is 7.11 Å². The highest BCUT2D eigenvalue weighted by molar-refractivity contribution is 14.1. The van der Waals surface area contributed by atoms with Crippen molar-refractivity contribution in [2.45, 2.75) is 10.3 Å². The number of rotatable bonds is 1. The highest BCUT2D eigenvalue weighted by Crippen LogP contribution is 2.22. The average molecular weight is 224 g/mol. The molecule has 0 bridgehead atoms. The molecule has 0 heterocycles. The van der Waals surface area contributed by atoms with Gasteiger partial charge < -0.3 is 4.84 Å². The maximum absolute atomic E-state index is 4.58. The highest BCUT2D eigenvalue weighted by Gasteiger charge is 2.23. The molecule has 45 valence electrons. The van der Waals surface area contributed by atoms with Crippen molar-refractivity contribution in [3.05, 3.63) is 6.42 Å². The van der Waals surface area contributed by atoms with E-state index >= 15 is 0 Å². The lowest BCUT2D eigenvalue weighted by Crippen LogP contribution is -2.26. The van der Waals surface area contributed by atoms with Crippen molar-refractivity contribution in [1.82, 2.24) is 0 Å². The van der Waals surface area contributed by atoms with E-state index in [2.05, 4.69) is 39.0 Å². The van der Waals surface area contributed by atoms with Crippen LogP contribution in [0.3, 0.4) is 0 Å². The molecule has 0 aromatic carbocycles. The Hall–Kier alpha value is 0.200. The van der Waals surface area contributed by atoms with E-state index in [9.17, 15) is 0 Å². The molecule has 0 aromatic rings. The van der Waals surface area contributed by atoms with Crippen molar-refractivity contribution in [1.29, 1.82) is 0 Å². The normalized spacial score (nSPS) is 32.2. The fourth-order valence-electron chi connectivity index (χ4n) is 0.517. The average Bonchev–Trinajstić information content (AvgIpc) is 1.79. The predicted molar refractivity (Wildman–Crippen MR) is 41.2 cm³/mol. The molecule has 1 radical (unpaired) electrons. The summed E-state index contributed by atoms with van der Waals surface area (Å²) in [5, 5.41) is 3.79. The minimum Gasteiger partial charge on any atom is -0.399 e. The van der Waals surface area contributed by atoms with Crippen molar-refractivity contribution >= 4 is 28.3 Å². The van der Waals surface area contributed by atoms with Gasteiger partial charge in [-0.2, -0.15) is 0 Å². The Morgan fingerprint density at radius 2 is 2.75 bits per heavy atom. The second-order valence-corrected chi connectivity index (χ2v) is 2.95. The summed E-state index contributed by atoms with van der Waals surface area (Å²) in [6, 6.07) is 0. The second-order valence-electron chi connectivity index (χ2n) is 1.61. The molecule has 0 saturated heterocycles. The van der Waals surface area contributed by atoms with Crippen molar-refractivity contribution in [3.63, 3.8) is 0 Å². The summed E-state index contributed by atoms with van der Waals surface area (Å²) in [5.74, 6) is 0. The van der Waals surface area contributed by atoms with Gasteiger partial charge in [-0.3, -0.25) is 0 Å². The fourth-order valence-corrected chi connectivity index (χ4v) is 1.14. The summed E-state index contributed by atoms with van der Waals surface area (Å²) in [4.78, 5) is 4.58. The maximum atomic E-state index is 4.58. The molecule has 0 aliphatic heterocycles. The lowest BCUT2D eigenvalue weighted by molar-refractivity contribution is 0.211. The Morgan fingerprint density at radius 3 is 2.88 bits per heavy atom. The fraction of sp³-hybridized carbons (Fsp3) is 0.600. The van der Waals surface area contributed by atoms with E-state index in [0.717, 1.165) is 12.1 Å². The van der Waals surface area contributed by atoms with Crippen LogP contribution in [0.15, 0.2) is 5.16 Å². The van der Waals surface area contributed by atoms with Gasteiger partial charge in [0.2, 0.25) is 0 Å². The van der Waals surface area contributed by atoms with Crippen molar-refractivity contribution in [2.24, 2.45) is 5.16 Å². The van der Waals surface area contributed by atoms with Crippen LogP contribution in [-0.2, 0) is 4.84 Å². The first kappa shape index (κ1) is 6.32. The van der Waals surface area contributed by atoms with E-state index in [-0.39, 0.29) is 0 Å². The molecule has 1 fully saturated rings. The number of alkyl halides is 1. The summed E-state index contributed by atoms with van der Waals surface area (Å²) in [6.07, 6.45) is 3.19. The standard InChI is InChI=1S/C5H7INO/c1-8-7-5-3-2-4(5)6/h2,4H,3H2,1H3. The summed E-state index contributed by atoms with van der Waals surface area (Å²) in [6.45, 7) is 0. The predicted octanol–water partition coefficient (Wildman–Crippen LogP) is 1.40. The van der Waals surface area contributed by atoms with E-state index in [1.807, 2.05) is 0 Å². The first-order valence-corrected chi connectivity index (χ1v) is 3.66. The molecule has 1 aliphatic carbocycles. The molecule has 1 aliphatic rings. The molecule has 2 nitrogen and oxygen atoms in total. The van der Waals surface area contributed by atoms with Crippen LogP contribution in [0.4, 0.5) is 0 Å². The Labute approximate surface area is 62.4 Å². The van der Waals surface area contributed by atoms with Crippen molar-refractivity contribution in [3.8, 4) is 0 Å². The third-order valence-corrected chi connectivity index (χ3v) is 2.29. The van der Waals surface area contributed by atoms with Gasteiger partial charge in [-0.15, -0.1) is 0 Å². The maximum Gasteiger partial charge on any atom is 0.106 e. The monoisotopic (exact) mass is 224 g/mol. The topological polar surface area (TPSA) is 21.6 Å². The molecule has 1 atom stereocenters. The number of hydrogen-bond donors (Lipinski definition) is 0. The smallest absolute Gasteiger partial charge is 0.106 e. The van der Waals surface area contributed by atoms with E-state index in [1.54, 1.807) is 7.11 Å². The lowest BCUT2D eigenvalue weighted by atomic mass is 9.98. The van der Waals surface area contributed by atoms with E-state index < -0.39 is 0 Å². The Kier molecular flexibility index (Phi) is 2.10. The zero-order chi connectivity index (χ0) is 5.98. The van der Waals surface area contributed by atoms with E-state index in [4.69, 9.17) is 0 Å². The number of oxime groups is 1. The van der Waals surface area contributed by atoms with Crippen LogP contribution in [-0.4, -0.2) is 16.7 Å². The van der Waals surface area contributed by atoms with Gasteiger partial charge in [0.05, 0.1) is 9.64 Å². The van der Waals surface area contributed by atoms with Gasteiger partial charge in [-0.1, -0.05) is 27.7 Å². The molecule has 3 heteroatoms. The Morgan fingerprint density at radius 1 is 2.00 bits per heavy atom. The van der Waals surface area contributed by atoms with Crippen LogP contribution in [0.5, 0.6) is 0 Å². The molecule has 0 aromatic heterocycles. The molecule has 8 heavy (non-hydrogen) atoms. The molecule has 1 unspecified atom stereocenters. The minimum absolute atomic E-state index is 0.521. The second kappa shape index (κ2) is 2.66. The lowest BCUT2D eigenvalue weighted by Gasteiger charge is -2.20. The summed E-state index contributed by atoms with van der Waals surface area (Å²) in [5.41, 5.74) is 1.15. The van der Waals surface area contributed by atoms with Gasteiger partial charge in [0.25, 0.3) is 0 Å². The number of halogens is 1. The minimum atomic E-state index is 0.521. The first-order valence-electron chi connectivity index (χ1n) is 2.42. The van der Waals surface area contributed by atoms with Gasteiger partial charge in [0, 0.05) is 0 Å². The van der Waals surface area contributed by atoms with Crippen molar-refractivity contribution < 1.29 is 4.84 Å². The summed E-state index contributed by atoms with van der Waals surface area (Å²) in [7, 11) is 1.58. The zero-order valence-electron chi connectivity index (χ0n) is 4.60. The molecule has 0 N–H and O–H groups in total. The zero-order valence-corrected chi connectivity index (χ0v) is 6.75. The van der Waals surface area contributed by atoms with Gasteiger partial charge in [0.15, 0.2) is 0 Å². The van der Waals surface area contributed by atoms with Crippen LogP contribution in [0.1, 0.15) is 6.42 Å². The highest BCUT2D eigenvalue weighted by atomic mass is 127. The number of nitrogens with zero attached hydrogens (tertiary/aromatic N) is 1. The van der Waals surface area contributed by atoms with Crippen LogP contribution >= 0.6 is 22.6 Å². The van der Waals surface area contributed by atoms with Crippen LogP contribution in [0.2, 0.25) is 0 Å². The number of hydrogen-bond acceptors (Lipinski definition) is 2. The SMILES string of the molecule is CON=C1C[CH]C1I. The summed E-state index contributed by atoms with van der Waals surface area (Å²) >= 11 is 2.31. The Bertz CT molecular complexity index is 113. The quantitative estimate of drug-likeness (QED) is 0.374. The molecular weight excluding hydrogens is 217 g/mol. The van der Waals surface area contributed by atoms with Crippen LogP contribution in [0.25, 0.3) is 0 Å². The van der Waals surface area contributed by atoms with Crippen LogP contribution < -0.4 is 0 Å². The van der Waals surface area contributed by atoms with Gasteiger partial charge in [-0.05, 0) is 12.8 Å². The first-order chi connectivity index (χ1) is 3.84. The third-order valence-electron chi connectivity index (χ3n) is 1.06. The third kappa shape index (κ3) is 1.13. The van der Waals surface area contributed by atoms with Gasteiger partial charge >= 0.3 is 0 Å².